The molecule has 1 aromatic carbocycles. The first-order chi connectivity index (χ1) is 10.1. The van der Waals surface area contributed by atoms with Crippen LogP contribution in [0.15, 0.2) is 45.9 Å². The molecule has 0 fully saturated rings. The molecule has 8 heteroatoms. The molecule has 0 amide bonds. The average molecular weight is 322 g/mol. The van der Waals surface area contributed by atoms with Crippen LogP contribution in [-0.2, 0) is 6.54 Å². The molecule has 1 aliphatic heterocycles. The van der Waals surface area contributed by atoms with Crippen LogP contribution in [-0.4, -0.2) is 19.3 Å². The van der Waals surface area contributed by atoms with Crippen molar-refractivity contribution in [2.75, 3.05) is 0 Å². The van der Waals surface area contributed by atoms with E-state index in [9.17, 15) is 15.2 Å². The minimum Gasteiger partial charge on any atom is -0.467 e. The zero-order chi connectivity index (χ0) is 15.0. The van der Waals surface area contributed by atoms with Crippen LogP contribution in [0.25, 0.3) is 0 Å². The molecule has 1 aromatic heterocycles. The molecule has 0 saturated carbocycles. The molecule has 1 aliphatic rings. The molecule has 2 aromatic rings. The van der Waals surface area contributed by atoms with Gasteiger partial charge in [-0.25, -0.2) is 0 Å². The van der Waals surface area contributed by atoms with Gasteiger partial charge in [0.05, 0.1) is 17.7 Å². The summed E-state index contributed by atoms with van der Waals surface area (Å²) < 4.78 is 5.75. The second-order valence-corrected chi connectivity index (χ2v) is 6.10. The number of furan rings is 1. The van der Waals surface area contributed by atoms with Gasteiger partial charge in [-0.2, -0.15) is 0 Å². The van der Waals surface area contributed by atoms with Crippen LogP contribution in [0.1, 0.15) is 17.6 Å². The Labute approximate surface area is 129 Å². The SMILES string of the molecule is O=[N+]([O-])c1ccc2c(c1)C(O)N(Cc1ccco1)C(=S)S2. The first-order valence-corrected chi connectivity index (χ1v) is 7.26. The molecular formula is C13H10N2O4S2. The van der Waals surface area contributed by atoms with Crippen LogP contribution >= 0.6 is 24.0 Å². The molecule has 108 valence electrons. The first kappa shape index (κ1) is 14.1. The average Bonchev–Trinajstić information content (AvgIpc) is 2.96. The van der Waals surface area contributed by atoms with Crippen molar-refractivity contribution in [1.29, 1.82) is 0 Å². The van der Waals surface area contributed by atoms with Gasteiger partial charge in [-0.3, -0.25) is 10.1 Å². The number of benzene rings is 1. The number of rotatable bonds is 3. The summed E-state index contributed by atoms with van der Waals surface area (Å²) >= 11 is 6.59. The monoisotopic (exact) mass is 322 g/mol. The van der Waals surface area contributed by atoms with Gasteiger partial charge >= 0.3 is 0 Å². The molecule has 1 unspecified atom stereocenters. The summed E-state index contributed by atoms with van der Waals surface area (Å²) in [5, 5.41) is 21.3. The lowest BCUT2D eigenvalue weighted by Crippen LogP contribution is -2.34. The molecular weight excluding hydrogens is 312 g/mol. The van der Waals surface area contributed by atoms with Gasteiger partial charge < -0.3 is 14.4 Å². The topological polar surface area (TPSA) is 79.8 Å². The Morgan fingerprint density at radius 3 is 2.95 bits per heavy atom. The summed E-state index contributed by atoms with van der Waals surface area (Å²) in [6.45, 7) is 0.308. The van der Waals surface area contributed by atoms with Crippen molar-refractivity contribution in [3.05, 3.63) is 58.0 Å². The molecule has 6 nitrogen and oxygen atoms in total. The molecule has 0 spiro atoms. The van der Waals surface area contributed by atoms with E-state index < -0.39 is 11.2 Å². The number of hydrogen-bond acceptors (Lipinski definition) is 6. The van der Waals surface area contributed by atoms with E-state index in [0.29, 0.717) is 22.2 Å². The minimum atomic E-state index is -1.03. The Bertz CT molecular complexity index is 702. The predicted molar refractivity (Wildman–Crippen MR) is 80.8 cm³/mol. The van der Waals surface area contributed by atoms with Crippen molar-refractivity contribution in [3.63, 3.8) is 0 Å². The zero-order valence-electron chi connectivity index (χ0n) is 10.6. The van der Waals surface area contributed by atoms with E-state index in [1.807, 2.05) is 0 Å². The van der Waals surface area contributed by atoms with E-state index in [0.717, 1.165) is 4.90 Å². The number of aliphatic hydroxyl groups is 1. The summed E-state index contributed by atoms with van der Waals surface area (Å²) in [5.41, 5.74) is 0.425. The molecule has 1 atom stereocenters. The van der Waals surface area contributed by atoms with E-state index in [2.05, 4.69) is 0 Å². The standard InChI is InChI=1S/C13H10N2O4S2/c16-12-10-6-8(15(17)18)3-4-11(10)21-13(20)14(12)7-9-2-1-5-19-9/h1-6,12,16H,7H2. The highest BCUT2D eigenvalue weighted by Gasteiger charge is 2.31. The Morgan fingerprint density at radius 2 is 2.29 bits per heavy atom. The number of aliphatic hydroxyl groups excluding tert-OH is 1. The fraction of sp³-hybridized carbons (Fsp3) is 0.154. The van der Waals surface area contributed by atoms with Crippen LogP contribution in [0, 0.1) is 10.1 Å². The maximum absolute atomic E-state index is 10.9. The number of nitrogens with zero attached hydrogens (tertiary/aromatic N) is 2. The number of hydrogen-bond donors (Lipinski definition) is 1. The highest BCUT2D eigenvalue weighted by molar-refractivity contribution is 8.23. The summed E-state index contributed by atoms with van der Waals surface area (Å²) in [5.74, 6) is 0.658. The quantitative estimate of drug-likeness (QED) is 0.528. The molecule has 0 saturated heterocycles. The molecule has 0 bridgehead atoms. The Hall–Kier alpha value is -1.90. The van der Waals surface area contributed by atoms with Gasteiger partial charge in [-0.05, 0) is 18.2 Å². The number of nitro groups is 1. The van der Waals surface area contributed by atoms with Crippen LogP contribution in [0.4, 0.5) is 5.69 Å². The molecule has 0 aliphatic carbocycles. The number of thioether (sulfide) groups is 1. The van der Waals surface area contributed by atoms with Crippen molar-refractivity contribution in [3.8, 4) is 0 Å². The van der Waals surface area contributed by atoms with E-state index >= 15 is 0 Å². The zero-order valence-corrected chi connectivity index (χ0v) is 12.3. The van der Waals surface area contributed by atoms with Crippen LogP contribution < -0.4 is 0 Å². The van der Waals surface area contributed by atoms with Crippen LogP contribution in [0.3, 0.4) is 0 Å². The third-order valence-electron chi connectivity index (χ3n) is 3.12. The number of fused-ring (bicyclic) bond motifs is 1. The van der Waals surface area contributed by atoms with Crippen molar-refractivity contribution in [2.45, 2.75) is 17.7 Å². The normalized spacial score (nSPS) is 17.7. The minimum absolute atomic E-state index is 0.0563. The Balaban J connectivity index is 1.94. The molecule has 0 radical (unpaired) electrons. The molecule has 21 heavy (non-hydrogen) atoms. The molecule has 3 rings (SSSR count). The van der Waals surface area contributed by atoms with Gasteiger partial charge in [0.15, 0.2) is 6.23 Å². The highest BCUT2D eigenvalue weighted by Crippen LogP contribution is 2.40. The maximum Gasteiger partial charge on any atom is 0.269 e. The van der Waals surface area contributed by atoms with Crippen LogP contribution in [0.5, 0.6) is 0 Å². The second kappa shape index (κ2) is 5.47. The second-order valence-electron chi connectivity index (χ2n) is 4.43. The van der Waals surface area contributed by atoms with Gasteiger partial charge in [0, 0.05) is 22.6 Å². The van der Waals surface area contributed by atoms with Gasteiger partial charge in [-0.15, -0.1) is 0 Å². The fourth-order valence-corrected chi connectivity index (χ4v) is 3.41. The first-order valence-electron chi connectivity index (χ1n) is 6.03. The lowest BCUT2D eigenvalue weighted by Gasteiger charge is -2.34. The highest BCUT2D eigenvalue weighted by atomic mass is 32.2. The summed E-state index contributed by atoms with van der Waals surface area (Å²) in [7, 11) is 0. The van der Waals surface area contributed by atoms with Crippen molar-refractivity contribution in [1.82, 2.24) is 4.90 Å². The Morgan fingerprint density at radius 1 is 1.48 bits per heavy atom. The van der Waals surface area contributed by atoms with Crippen molar-refractivity contribution < 1.29 is 14.4 Å². The summed E-state index contributed by atoms with van der Waals surface area (Å²) in [6.07, 6.45) is 0.513. The lowest BCUT2D eigenvalue weighted by molar-refractivity contribution is -0.385. The van der Waals surface area contributed by atoms with E-state index in [-0.39, 0.29) is 5.69 Å². The molecule has 2 heterocycles. The fourth-order valence-electron chi connectivity index (χ4n) is 2.09. The van der Waals surface area contributed by atoms with Gasteiger partial charge in [0.25, 0.3) is 5.69 Å². The number of non-ortho nitro benzene ring substituents is 1. The summed E-state index contributed by atoms with van der Waals surface area (Å²) in [4.78, 5) is 12.7. The maximum atomic E-state index is 10.9. The van der Waals surface area contributed by atoms with Crippen molar-refractivity contribution in [2.24, 2.45) is 0 Å². The van der Waals surface area contributed by atoms with Gasteiger partial charge in [0.1, 0.15) is 10.1 Å². The van der Waals surface area contributed by atoms with Crippen LogP contribution in [0.2, 0.25) is 0 Å². The molecule has 1 N–H and O–H groups in total. The number of nitro benzene ring substituents is 1. The Kier molecular flexibility index (Phi) is 3.66. The third kappa shape index (κ3) is 2.65. The van der Waals surface area contributed by atoms with Crippen molar-refractivity contribution >= 4 is 34.0 Å². The predicted octanol–water partition coefficient (Wildman–Crippen LogP) is 3.07. The smallest absolute Gasteiger partial charge is 0.269 e. The largest absolute Gasteiger partial charge is 0.467 e. The van der Waals surface area contributed by atoms with Gasteiger partial charge in [-0.1, -0.05) is 24.0 Å². The lowest BCUT2D eigenvalue weighted by atomic mass is 10.1. The van der Waals surface area contributed by atoms with E-state index in [1.54, 1.807) is 29.4 Å². The van der Waals surface area contributed by atoms with E-state index in [1.165, 1.54) is 23.9 Å². The van der Waals surface area contributed by atoms with Gasteiger partial charge in [0.2, 0.25) is 0 Å². The third-order valence-corrected chi connectivity index (χ3v) is 4.60. The number of thiocarbonyl (C=S) groups is 1. The van der Waals surface area contributed by atoms with E-state index in [4.69, 9.17) is 16.6 Å². The summed E-state index contributed by atoms with van der Waals surface area (Å²) in [6, 6.07) is 7.93.